The maximum absolute atomic E-state index is 11.6. The Labute approximate surface area is 140 Å². The zero-order chi connectivity index (χ0) is 16.2. The highest BCUT2D eigenvalue weighted by molar-refractivity contribution is 6.32. The Morgan fingerprint density at radius 2 is 2.09 bits per heavy atom. The minimum absolute atomic E-state index is 0.225. The quantitative estimate of drug-likeness (QED) is 0.934. The van der Waals surface area contributed by atoms with Gasteiger partial charge < -0.3 is 9.64 Å². The molecule has 0 atom stereocenters. The molecule has 5 nitrogen and oxygen atoms in total. The lowest BCUT2D eigenvalue weighted by Crippen LogP contribution is -2.35. The highest BCUT2D eigenvalue weighted by atomic mass is 35.5. The molecule has 0 bridgehead atoms. The van der Waals surface area contributed by atoms with Crippen molar-refractivity contribution >= 4 is 17.3 Å². The molecular weight excluding hydrogens is 314 g/mol. The molecule has 0 radical (unpaired) electrons. The fourth-order valence-electron chi connectivity index (χ4n) is 3.16. The van der Waals surface area contributed by atoms with Gasteiger partial charge in [-0.25, -0.2) is 5.10 Å². The van der Waals surface area contributed by atoms with Crippen molar-refractivity contribution < 1.29 is 4.74 Å². The summed E-state index contributed by atoms with van der Waals surface area (Å²) >= 11 is 6.09. The number of anilines is 1. The van der Waals surface area contributed by atoms with Crippen molar-refractivity contribution in [1.82, 2.24) is 10.2 Å². The van der Waals surface area contributed by atoms with E-state index in [1.807, 2.05) is 12.1 Å². The largest absolute Gasteiger partial charge is 0.496 e. The highest BCUT2D eigenvalue weighted by Gasteiger charge is 2.23. The molecule has 1 saturated heterocycles. The van der Waals surface area contributed by atoms with Gasteiger partial charge in [0.2, 0.25) is 0 Å². The van der Waals surface area contributed by atoms with Crippen LogP contribution in [0.1, 0.15) is 18.4 Å². The van der Waals surface area contributed by atoms with Gasteiger partial charge in [-0.2, -0.15) is 5.10 Å². The van der Waals surface area contributed by atoms with Crippen LogP contribution in [0.2, 0.25) is 5.02 Å². The van der Waals surface area contributed by atoms with E-state index in [9.17, 15) is 4.79 Å². The van der Waals surface area contributed by atoms with Gasteiger partial charge in [-0.3, -0.25) is 4.79 Å². The molecule has 6 heteroatoms. The van der Waals surface area contributed by atoms with Crippen LogP contribution in [-0.4, -0.2) is 30.4 Å². The number of ether oxygens (including phenoxy) is 1. The third kappa shape index (κ3) is 3.50. The smallest absolute Gasteiger partial charge is 0.285 e. The van der Waals surface area contributed by atoms with Gasteiger partial charge in [0.1, 0.15) is 10.8 Å². The van der Waals surface area contributed by atoms with Crippen LogP contribution in [0.5, 0.6) is 5.75 Å². The number of aromatic nitrogens is 2. The number of nitrogens with one attached hydrogen (secondary N) is 1. The molecule has 2 aromatic rings. The van der Waals surface area contributed by atoms with Crippen molar-refractivity contribution in [3.8, 4) is 5.75 Å². The molecule has 23 heavy (non-hydrogen) atoms. The minimum atomic E-state index is -0.333. The normalized spacial score (nSPS) is 15.7. The maximum atomic E-state index is 11.6. The second kappa shape index (κ2) is 7.04. The summed E-state index contributed by atoms with van der Waals surface area (Å²) in [4.78, 5) is 13.7. The standard InChI is InChI=1S/C17H20ClN3O2/c1-23-15-5-3-2-4-13(15)10-12-6-8-21(9-7-12)14-11-19-20-17(22)16(14)18/h2-5,11-12H,6-10H2,1H3,(H,20,22). The molecule has 3 rings (SSSR count). The Kier molecular flexibility index (Phi) is 4.86. The van der Waals surface area contributed by atoms with Gasteiger partial charge in [0.05, 0.1) is 19.0 Å². The number of methoxy groups -OCH3 is 1. The zero-order valence-corrected chi connectivity index (χ0v) is 13.8. The van der Waals surface area contributed by atoms with Crippen molar-refractivity contribution in [1.29, 1.82) is 0 Å². The minimum Gasteiger partial charge on any atom is -0.496 e. The van der Waals surface area contributed by atoms with Crippen LogP contribution in [-0.2, 0) is 6.42 Å². The average molecular weight is 334 g/mol. The van der Waals surface area contributed by atoms with E-state index in [2.05, 4.69) is 27.2 Å². The molecule has 122 valence electrons. The topological polar surface area (TPSA) is 58.2 Å². The summed E-state index contributed by atoms with van der Waals surface area (Å²) in [5, 5.41) is 6.43. The Bertz CT molecular complexity index is 724. The van der Waals surface area contributed by atoms with Gasteiger partial charge in [-0.05, 0) is 36.8 Å². The summed E-state index contributed by atoms with van der Waals surface area (Å²) in [6.45, 7) is 1.76. The number of hydrogen-bond acceptors (Lipinski definition) is 4. The van der Waals surface area contributed by atoms with Gasteiger partial charge in [0, 0.05) is 13.1 Å². The van der Waals surface area contributed by atoms with Gasteiger partial charge in [0.25, 0.3) is 5.56 Å². The van der Waals surface area contributed by atoms with E-state index in [0.29, 0.717) is 5.92 Å². The Morgan fingerprint density at radius 1 is 1.35 bits per heavy atom. The Morgan fingerprint density at radius 3 is 2.83 bits per heavy atom. The lowest BCUT2D eigenvalue weighted by Gasteiger charge is -2.33. The van der Waals surface area contributed by atoms with Crippen molar-refractivity contribution in [2.45, 2.75) is 19.3 Å². The second-order valence-corrected chi connectivity index (χ2v) is 6.22. The van der Waals surface area contributed by atoms with Crippen LogP contribution in [0.15, 0.2) is 35.3 Å². The summed E-state index contributed by atoms with van der Waals surface area (Å²) in [7, 11) is 1.71. The lowest BCUT2D eigenvalue weighted by molar-refractivity contribution is 0.381. The first-order chi connectivity index (χ1) is 11.2. The summed E-state index contributed by atoms with van der Waals surface area (Å²) in [5.74, 6) is 1.56. The van der Waals surface area contributed by atoms with Crippen LogP contribution >= 0.6 is 11.6 Å². The van der Waals surface area contributed by atoms with Crippen LogP contribution < -0.4 is 15.2 Å². The first-order valence-corrected chi connectivity index (χ1v) is 8.17. The van der Waals surface area contributed by atoms with E-state index in [4.69, 9.17) is 16.3 Å². The SMILES string of the molecule is COc1ccccc1CC1CCN(c2cn[nH]c(=O)c2Cl)CC1. The van der Waals surface area contributed by atoms with E-state index >= 15 is 0 Å². The Hall–Kier alpha value is -2.01. The van der Waals surface area contributed by atoms with Crippen molar-refractivity contribution in [2.24, 2.45) is 5.92 Å². The third-order valence-corrected chi connectivity index (χ3v) is 4.80. The fourth-order valence-corrected chi connectivity index (χ4v) is 3.37. The number of nitrogens with zero attached hydrogens (tertiary/aromatic N) is 2. The van der Waals surface area contributed by atoms with Crippen molar-refractivity contribution in [3.05, 3.63) is 51.4 Å². The van der Waals surface area contributed by atoms with Gasteiger partial charge in [0.15, 0.2) is 0 Å². The second-order valence-electron chi connectivity index (χ2n) is 5.84. The first kappa shape index (κ1) is 15.9. The number of benzene rings is 1. The van der Waals surface area contributed by atoms with Crippen LogP contribution in [0.4, 0.5) is 5.69 Å². The molecule has 1 aromatic heterocycles. The monoisotopic (exact) mass is 333 g/mol. The van der Waals surface area contributed by atoms with Crippen LogP contribution in [0.25, 0.3) is 0 Å². The molecule has 0 saturated carbocycles. The van der Waals surface area contributed by atoms with Gasteiger partial charge >= 0.3 is 0 Å². The van der Waals surface area contributed by atoms with E-state index in [-0.39, 0.29) is 10.6 Å². The van der Waals surface area contributed by atoms with Crippen molar-refractivity contribution in [2.75, 3.05) is 25.1 Å². The fraction of sp³-hybridized carbons (Fsp3) is 0.412. The van der Waals surface area contributed by atoms with E-state index < -0.39 is 0 Å². The number of para-hydroxylation sites is 1. The lowest BCUT2D eigenvalue weighted by atomic mass is 9.89. The molecule has 0 aliphatic carbocycles. The third-order valence-electron chi connectivity index (χ3n) is 4.43. The van der Waals surface area contributed by atoms with E-state index in [0.717, 1.165) is 43.8 Å². The molecule has 1 aliphatic rings. The number of H-pyrrole nitrogens is 1. The average Bonchev–Trinajstić information content (AvgIpc) is 2.59. The molecule has 1 N–H and O–H groups in total. The summed E-state index contributed by atoms with van der Waals surface area (Å²) in [6, 6.07) is 8.18. The number of hydrogen-bond donors (Lipinski definition) is 1. The maximum Gasteiger partial charge on any atom is 0.285 e. The first-order valence-electron chi connectivity index (χ1n) is 7.79. The zero-order valence-electron chi connectivity index (χ0n) is 13.1. The molecular formula is C17H20ClN3O2. The molecule has 0 unspecified atom stereocenters. The number of rotatable bonds is 4. The van der Waals surface area contributed by atoms with Crippen molar-refractivity contribution in [3.63, 3.8) is 0 Å². The van der Waals surface area contributed by atoms with Crippen LogP contribution in [0.3, 0.4) is 0 Å². The summed E-state index contributed by atoms with van der Waals surface area (Å²) in [6.07, 6.45) is 4.76. The highest BCUT2D eigenvalue weighted by Crippen LogP contribution is 2.30. The van der Waals surface area contributed by atoms with Gasteiger partial charge in [-0.1, -0.05) is 29.8 Å². The summed E-state index contributed by atoms with van der Waals surface area (Å²) < 4.78 is 5.43. The number of piperidine rings is 1. The molecule has 0 amide bonds. The van der Waals surface area contributed by atoms with E-state index in [1.54, 1.807) is 13.3 Å². The van der Waals surface area contributed by atoms with E-state index in [1.165, 1.54) is 5.56 Å². The Balaban J connectivity index is 1.64. The van der Waals surface area contributed by atoms with Crippen LogP contribution in [0, 0.1) is 5.92 Å². The number of aromatic amines is 1. The predicted molar refractivity (Wildman–Crippen MR) is 91.5 cm³/mol. The summed E-state index contributed by atoms with van der Waals surface area (Å²) in [5.41, 5.74) is 1.65. The number of halogens is 1. The molecule has 1 aliphatic heterocycles. The molecule has 1 fully saturated rings. The van der Waals surface area contributed by atoms with Gasteiger partial charge in [-0.15, -0.1) is 0 Å². The molecule has 1 aromatic carbocycles. The predicted octanol–water partition coefficient (Wildman–Crippen LogP) is 2.89. The molecule has 0 spiro atoms. The molecule has 2 heterocycles.